The first-order chi connectivity index (χ1) is 16.5. The fraction of sp³-hybridized carbons (Fsp3) is 0.133. The molecule has 0 aromatic heterocycles. The van der Waals surface area contributed by atoms with Gasteiger partial charge in [-0.15, -0.1) is 0 Å². The molecule has 0 radical (unpaired) electrons. The summed E-state index contributed by atoms with van der Waals surface area (Å²) in [5, 5.41) is 1.76. The van der Waals surface area contributed by atoms with Gasteiger partial charge in [-0.3, -0.25) is 0 Å². The van der Waals surface area contributed by atoms with Crippen molar-refractivity contribution in [1.82, 2.24) is 0 Å². The lowest BCUT2D eigenvalue weighted by molar-refractivity contribution is 0.356. The van der Waals surface area contributed by atoms with Crippen LogP contribution in [0.15, 0.2) is 84.9 Å². The van der Waals surface area contributed by atoms with Gasteiger partial charge in [0, 0.05) is 28.8 Å². The summed E-state index contributed by atoms with van der Waals surface area (Å²) in [5.74, 6) is 4.96. The normalized spacial score (nSPS) is 10.9. The summed E-state index contributed by atoms with van der Waals surface area (Å²) in [7, 11) is 0. The zero-order valence-electron chi connectivity index (χ0n) is 18.7. The summed E-state index contributed by atoms with van der Waals surface area (Å²) in [6.45, 7) is 2.12. The highest BCUT2D eigenvalue weighted by Gasteiger charge is 2.12. The van der Waals surface area contributed by atoms with Crippen LogP contribution < -0.4 is 4.74 Å². The minimum Gasteiger partial charge on any atom is -0.489 e. The smallest absolute Gasteiger partial charge is 0.133 e. The molecule has 0 amide bonds. The largest absolute Gasteiger partial charge is 0.489 e. The summed E-state index contributed by atoms with van der Waals surface area (Å²) in [5.41, 5.74) is 2.69. The number of benzene rings is 4. The van der Waals surface area contributed by atoms with E-state index in [-0.39, 0.29) is 30.2 Å². The van der Waals surface area contributed by atoms with Gasteiger partial charge in [0.15, 0.2) is 0 Å². The second-order valence-corrected chi connectivity index (χ2v) is 7.90. The Kier molecular flexibility index (Phi) is 7.34. The van der Waals surface area contributed by atoms with Crippen molar-refractivity contribution in [3.63, 3.8) is 0 Å². The van der Waals surface area contributed by atoms with Gasteiger partial charge in [0.05, 0.1) is 0 Å². The SMILES string of the molecule is C/C=C/COc1cc(F)c(CCc2ccc(C#Cc3ccc4cc(F)ccc4c3)cc2)c(F)c1. The Morgan fingerprint density at radius 2 is 1.38 bits per heavy atom. The molecule has 0 unspecified atom stereocenters. The van der Waals surface area contributed by atoms with Crippen LogP contribution >= 0.6 is 0 Å². The van der Waals surface area contributed by atoms with Gasteiger partial charge in [0.2, 0.25) is 0 Å². The van der Waals surface area contributed by atoms with Crippen molar-refractivity contribution in [3.8, 4) is 17.6 Å². The van der Waals surface area contributed by atoms with E-state index in [1.807, 2.05) is 55.5 Å². The average molecular weight is 457 g/mol. The van der Waals surface area contributed by atoms with Gasteiger partial charge < -0.3 is 4.74 Å². The van der Waals surface area contributed by atoms with Gasteiger partial charge in [0.1, 0.15) is 29.8 Å². The lowest BCUT2D eigenvalue weighted by Crippen LogP contribution is -2.02. The van der Waals surface area contributed by atoms with Crippen molar-refractivity contribution in [1.29, 1.82) is 0 Å². The maximum absolute atomic E-state index is 14.4. The first kappa shape index (κ1) is 23.2. The molecule has 0 saturated carbocycles. The van der Waals surface area contributed by atoms with E-state index >= 15 is 0 Å². The highest BCUT2D eigenvalue weighted by molar-refractivity contribution is 5.84. The van der Waals surface area contributed by atoms with E-state index in [1.54, 1.807) is 12.1 Å². The standard InChI is InChI=1S/C30H23F3O/c1-2-3-16-34-27-19-29(32)28(30(33)20-27)15-11-22-6-4-21(5-7-22)8-9-23-10-12-25-18-26(31)14-13-24(25)17-23/h2-7,10,12-14,17-20H,11,15-16H2,1H3/b3-2+. The number of rotatable bonds is 6. The van der Waals surface area contributed by atoms with Crippen LogP contribution in [0, 0.1) is 29.3 Å². The number of halogens is 3. The number of fused-ring (bicyclic) bond motifs is 1. The Labute approximate surface area is 197 Å². The molecule has 170 valence electrons. The molecule has 0 aliphatic heterocycles. The highest BCUT2D eigenvalue weighted by atomic mass is 19.1. The zero-order valence-corrected chi connectivity index (χ0v) is 18.7. The third-order valence-electron chi connectivity index (χ3n) is 5.47. The number of aryl methyl sites for hydroxylation is 1. The third kappa shape index (κ3) is 5.88. The Morgan fingerprint density at radius 1 is 0.735 bits per heavy atom. The maximum Gasteiger partial charge on any atom is 0.133 e. The van der Waals surface area contributed by atoms with E-state index in [2.05, 4.69) is 11.8 Å². The van der Waals surface area contributed by atoms with Crippen LogP contribution in [0.5, 0.6) is 5.75 Å². The van der Waals surface area contributed by atoms with Gasteiger partial charge in [-0.2, -0.15) is 0 Å². The molecular weight excluding hydrogens is 433 g/mol. The minimum absolute atomic E-state index is 0.0541. The van der Waals surface area contributed by atoms with Gasteiger partial charge in [-0.05, 0) is 72.5 Å². The van der Waals surface area contributed by atoms with E-state index in [9.17, 15) is 13.2 Å². The van der Waals surface area contributed by atoms with E-state index < -0.39 is 11.6 Å². The van der Waals surface area contributed by atoms with Gasteiger partial charge >= 0.3 is 0 Å². The molecule has 4 aromatic carbocycles. The molecule has 0 atom stereocenters. The lowest BCUT2D eigenvalue weighted by Gasteiger charge is -2.09. The van der Waals surface area contributed by atoms with Crippen LogP contribution in [0.25, 0.3) is 10.8 Å². The number of allylic oxidation sites excluding steroid dienone is 1. The molecule has 1 nitrogen and oxygen atoms in total. The Balaban J connectivity index is 1.40. The van der Waals surface area contributed by atoms with Gasteiger partial charge in [0.25, 0.3) is 0 Å². The summed E-state index contributed by atoms with van der Waals surface area (Å²) >= 11 is 0. The fourth-order valence-electron chi connectivity index (χ4n) is 3.61. The third-order valence-corrected chi connectivity index (χ3v) is 5.47. The first-order valence-electron chi connectivity index (χ1n) is 11.0. The predicted molar refractivity (Wildman–Crippen MR) is 130 cm³/mol. The van der Waals surface area contributed by atoms with E-state index in [4.69, 9.17) is 4.74 Å². The molecule has 4 aromatic rings. The fourth-order valence-corrected chi connectivity index (χ4v) is 3.61. The quantitative estimate of drug-likeness (QED) is 0.217. The molecule has 0 fully saturated rings. The molecule has 0 aliphatic rings. The van der Waals surface area contributed by atoms with Crippen molar-refractivity contribution < 1.29 is 17.9 Å². The topological polar surface area (TPSA) is 9.23 Å². The summed E-state index contributed by atoms with van der Waals surface area (Å²) in [6.07, 6.45) is 4.32. The van der Waals surface area contributed by atoms with Crippen LogP contribution in [0.4, 0.5) is 13.2 Å². The second-order valence-electron chi connectivity index (χ2n) is 7.90. The Bertz CT molecular complexity index is 1370. The van der Waals surface area contributed by atoms with Crippen molar-refractivity contribution in [2.75, 3.05) is 6.61 Å². The molecule has 0 spiro atoms. The Hall–Kier alpha value is -3.97. The van der Waals surface area contributed by atoms with E-state index in [1.165, 1.54) is 24.3 Å². The van der Waals surface area contributed by atoms with Crippen molar-refractivity contribution in [3.05, 3.63) is 125 Å². The molecule has 0 aliphatic carbocycles. The van der Waals surface area contributed by atoms with Crippen molar-refractivity contribution in [2.24, 2.45) is 0 Å². The number of hydrogen-bond donors (Lipinski definition) is 0. The highest BCUT2D eigenvalue weighted by Crippen LogP contribution is 2.23. The predicted octanol–water partition coefficient (Wildman–Crippen LogP) is 7.40. The average Bonchev–Trinajstić information content (AvgIpc) is 2.83. The lowest BCUT2D eigenvalue weighted by atomic mass is 10.0. The summed E-state index contributed by atoms with van der Waals surface area (Å²) < 4.78 is 47.4. The van der Waals surface area contributed by atoms with E-state index in [0.717, 1.165) is 27.5 Å². The number of ether oxygens (including phenoxy) is 1. The molecular formula is C30H23F3O. The van der Waals surface area contributed by atoms with Gasteiger partial charge in [-0.1, -0.05) is 48.3 Å². The van der Waals surface area contributed by atoms with Crippen LogP contribution in [0.3, 0.4) is 0 Å². The zero-order chi connectivity index (χ0) is 23.9. The van der Waals surface area contributed by atoms with E-state index in [0.29, 0.717) is 6.42 Å². The maximum atomic E-state index is 14.4. The number of hydrogen-bond acceptors (Lipinski definition) is 1. The molecule has 0 heterocycles. The first-order valence-corrected chi connectivity index (χ1v) is 11.0. The molecule has 4 rings (SSSR count). The van der Waals surface area contributed by atoms with Crippen LogP contribution in [0.1, 0.15) is 29.2 Å². The van der Waals surface area contributed by atoms with Crippen LogP contribution in [-0.2, 0) is 12.8 Å². The minimum atomic E-state index is -0.601. The van der Waals surface area contributed by atoms with Gasteiger partial charge in [-0.25, -0.2) is 13.2 Å². The molecule has 0 N–H and O–H groups in total. The molecule has 0 bridgehead atoms. The second kappa shape index (κ2) is 10.8. The summed E-state index contributed by atoms with van der Waals surface area (Å²) in [4.78, 5) is 0. The molecule has 0 saturated heterocycles. The van der Waals surface area contributed by atoms with Crippen molar-refractivity contribution in [2.45, 2.75) is 19.8 Å². The summed E-state index contributed by atoms with van der Waals surface area (Å²) in [6, 6.07) is 20.4. The van der Waals surface area contributed by atoms with Crippen LogP contribution in [-0.4, -0.2) is 6.61 Å². The monoisotopic (exact) mass is 456 g/mol. The van der Waals surface area contributed by atoms with Crippen LogP contribution in [0.2, 0.25) is 0 Å². The molecule has 34 heavy (non-hydrogen) atoms. The molecule has 4 heteroatoms. The Morgan fingerprint density at radius 3 is 2.12 bits per heavy atom. The van der Waals surface area contributed by atoms with Crippen molar-refractivity contribution >= 4 is 10.8 Å².